The first kappa shape index (κ1) is 25.9. The number of aromatic nitrogens is 3. The van der Waals surface area contributed by atoms with Crippen molar-refractivity contribution in [2.24, 2.45) is 0 Å². The number of hydrogen-bond donors (Lipinski definition) is 1. The molecule has 4 aromatic rings. The molecule has 1 aliphatic carbocycles. The monoisotopic (exact) mass is 530 g/mol. The van der Waals surface area contributed by atoms with Gasteiger partial charge in [-0.15, -0.1) is 0 Å². The van der Waals surface area contributed by atoms with Crippen molar-refractivity contribution in [3.05, 3.63) is 87.1 Å². The van der Waals surface area contributed by atoms with E-state index in [4.69, 9.17) is 16.7 Å². The van der Waals surface area contributed by atoms with Crippen LogP contribution in [0.4, 0.5) is 0 Å². The molecular formula is C30H31ClN4O3. The molecule has 0 saturated heterocycles. The molecule has 0 radical (unpaired) electrons. The van der Waals surface area contributed by atoms with Crippen LogP contribution in [0.1, 0.15) is 73.6 Å². The number of nitrogens with zero attached hydrogens (tertiary/aromatic N) is 3. The van der Waals surface area contributed by atoms with Crippen LogP contribution in [0.15, 0.2) is 59.4 Å². The molecule has 1 saturated carbocycles. The van der Waals surface area contributed by atoms with Crippen LogP contribution in [0.5, 0.6) is 0 Å². The molecule has 1 fully saturated rings. The fraction of sp³-hybridized carbons (Fsp3) is 0.333. The summed E-state index contributed by atoms with van der Waals surface area (Å²) in [7, 11) is 0. The van der Waals surface area contributed by atoms with E-state index in [1.165, 1.54) is 4.57 Å². The molecule has 38 heavy (non-hydrogen) atoms. The SMILES string of the molecule is CCC(=O)c1c(-c2ccccc2)c2cc(Cl)ccc2c(=O)n1Cc1cc(C(=O)NC2CC2)n(C(C)(C)C)n1. The van der Waals surface area contributed by atoms with Crippen LogP contribution in [0.2, 0.25) is 5.02 Å². The van der Waals surface area contributed by atoms with Crippen LogP contribution >= 0.6 is 11.6 Å². The standard InChI is InChI=1S/C30H31ClN4O3/c1-5-25(36)27-26(18-9-7-6-8-10-18)23-15-19(31)11-14-22(23)29(38)34(27)17-21-16-24(28(37)32-20-12-13-20)35(33-21)30(2,3)4/h6-11,14-16,20H,5,12-13,17H2,1-4H3,(H,32,37). The second-order valence-corrected chi connectivity index (χ2v) is 11.2. The minimum Gasteiger partial charge on any atom is -0.348 e. The van der Waals surface area contributed by atoms with Gasteiger partial charge in [-0.05, 0) is 68.8 Å². The number of rotatable bonds is 7. The molecule has 7 nitrogen and oxygen atoms in total. The second kappa shape index (κ2) is 9.87. The highest BCUT2D eigenvalue weighted by atomic mass is 35.5. The predicted octanol–water partition coefficient (Wildman–Crippen LogP) is 5.81. The van der Waals surface area contributed by atoms with Crippen LogP contribution in [0.25, 0.3) is 21.9 Å². The van der Waals surface area contributed by atoms with Crippen molar-refractivity contribution >= 4 is 34.1 Å². The number of ketones is 1. The van der Waals surface area contributed by atoms with Gasteiger partial charge in [0.1, 0.15) is 5.69 Å². The van der Waals surface area contributed by atoms with Crippen molar-refractivity contribution in [3.63, 3.8) is 0 Å². The highest BCUT2D eigenvalue weighted by Crippen LogP contribution is 2.33. The molecule has 0 atom stereocenters. The Morgan fingerprint density at radius 1 is 1.05 bits per heavy atom. The number of amides is 1. The van der Waals surface area contributed by atoms with Crippen LogP contribution in [0, 0.1) is 0 Å². The van der Waals surface area contributed by atoms with E-state index in [9.17, 15) is 14.4 Å². The summed E-state index contributed by atoms with van der Waals surface area (Å²) in [6.07, 6.45) is 2.17. The Balaban J connectivity index is 1.74. The Kier molecular flexibility index (Phi) is 6.73. The summed E-state index contributed by atoms with van der Waals surface area (Å²) in [5, 5.41) is 9.36. The van der Waals surface area contributed by atoms with Gasteiger partial charge in [0, 0.05) is 28.4 Å². The highest BCUT2D eigenvalue weighted by molar-refractivity contribution is 6.31. The normalized spacial score (nSPS) is 13.6. The third-order valence-electron chi connectivity index (χ3n) is 6.74. The van der Waals surface area contributed by atoms with Gasteiger partial charge in [0.15, 0.2) is 5.78 Å². The van der Waals surface area contributed by atoms with Crippen molar-refractivity contribution in [3.8, 4) is 11.1 Å². The highest BCUT2D eigenvalue weighted by Gasteiger charge is 2.30. The summed E-state index contributed by atoms with van der Waals surface area (Å²) < 4.78 is 3.20. The molecule has 5 rings (SSSR count). The lowest BCUT2D eigenvalue weighted by molar-refractivity contribution is 0.0931. The van der Waals surface area contributed by atoms with Crippen molar-refractivity contribution in [1.82, 2.24) is 19.7 Å². The van der Waals surface area contributed by atoms with E-state index >= 15 is 0 Å². The average molecular weight is 531 g/mol. The fourth-order valence-electron chi connectivity index (χ4n) is 4.75. The molecule has 0 bridgehead atoms. The number of Topliss-reactive ketones (excluding diaryl/α,β-unsaturated/α-hetero) is 1. The van der Waals surface area contributed by atoms with Gasteiger partial charge in [-0.25, -0.2) is 0 Å². The molecule has 1 N–H and O–H groups in total. The molecule has 2 aromatic carbocycles. The maximum atomic E-state index is 13.9. The molecule has 0 spiro atoms. The van der Waals surface area contributed by atoms with Crippen molar-refractivity contribution < 1.29 is 9.59 Å². The first-order valence-corrected chi connectivity index (χ1v) is 13.3. The third-order valence-corrected chi connectivity index (χ3v) is 6.98. The summed E-state index contributed by atoms with van der Waals surface area (Å²) in [6, 6.07) is 16.6. The number of fused-ring (bicyclic) bond motifs is 1. The maximum Gasteiger partial charge on any atom is 0.269 e. The number of hydrogen-bond acceptors (Lipinski definition) is 4. The Hall–Kier alpha value is -3.71. The van der Waals surface area contributed by atoms with Gasteiger partial charge in [0.2, 0.25) is 0 Å². The second-order valence-electron chi connectivity index (χ2n) is 10.8. The molecule has 0 aliphatic heterocycles. The van der Waals surface area contributed by atoms with Gasteiger partial charge in [-0.2, -0.15) is 5.10 Å². The van der Waals surface area contributed by atoms with Gasteiger partial charge in [0.25, 0.3) is 11.5 Å². The van der Waals surface area contributed by atoms with Crippen LogP contribution < -0.4 is 10.9 Å². The van der Waals surface area contributed by atoms with E-state index < -0.39 is 5.54 Å². The van der Waals surface area contributed by atoms with E-state index in [0.717, 1.165) is 18.4 Å². The lowest BCUT2D eigenvalue weighted by atomic mass is 9.94. The summed E-state index contributed by atoms with van der Waals surface area (Å²) in [6.45, 7) is 7.75. The van der Waals surface area contributed by atoms with Crippen LogP contribution in [0.3, 0.4) is 0 Å². The summed E-state index contributed by atoms with van der Waals surface area (Å²) in [5.74, 6) is -0.346. The van der Waals surface area contributed by atoms with Gasteiger partial charge in [0.05, 0.1) is 23.5 Å². The molecule has 0 unspecified atom stereocenters. The quantitative estimate of drug-likeness (QED) is 0.306. The Morgan fingerprint density at radius 2 is 1.76 bits per heavy atom. The third kappa shape index (κ3) is 4.90. The van der Waals surface area contributed by atoms with Gasteiger partial charge >= 0.3 is 0 Å². The lowest BCUT2D eigenvalue weighted by Crippen LogP contribution is -2.33. The minimum atomic E-state index is -0.461. The van der Waals surface area contributed by atoms with Crippen LogP contribution in [-0.2, 0) is 12.1 Å². The molecule has 8 heteroatoms. The smallest absolute Gasteiger partial charge is 0.269 e. The summed E-state index contributed by atoms with van der Waals surface area (Å²) >= 11 is 6.35. The number of halogens is 1. The first-order valence-electron chi connectivity index (χ1n) is 12.9. The summed E-state index contributed by atoms with van der Waals surface area (Å²) in [4.78, 5) is 40.4. The van der Waals surface area contributed by atoms with Crippen molar-refractivity contribution in [2.45, 2.75) is 65.1 Å². The number of carbonyl (C=O) groups is 2. The van der Waals surface area contributed by atoms with E-state index in [1.807, 2.05) is 51.1 Å². The van der Waals surface area contributed by atoms with Crippen molar-refractivity contribution in [2.75, 3.05) is 0 Å². The Labute approximate surface area is 226 Å². The zero-order valence-corrected chi connectivity index (χ0v) is 22.8. The molecule has 1 aliphatic rings. The molecule has 2 aromatic heterocycles. The van der Waals surface area contributed by atoms with E-state index in [1.54, 1.807) is 35.9 Å². The van der Waals surface area contributed by atoms with Crippen LogP contribution in [-0.4, -0.2) is 32.1 Å². The molecule has 2 heterocycles. The zero-order chi connectivity index (χ0) is 27.2. The first-order chi connectivity index (χ1) is 18.1. The van der Waals surface area contributed by atoms with Gasteiger partial charge < -0.3 is 5.32 Å². The number of nitrogens with one attached hydrogen (secondary N) is 1. The topological polar surface area (TPSA) is 86.0 Å². The Bertz CT molecular complexity index is 1610. The van der Waals surface area contributed by atoms with Gasteiger partial charge in [-0.3, -0.25) is 23.6 Å². The van der Waals surface area contributed by atoms with E-state index in [0.29, 0.717) is 38.4 Å². The van der Waals surface area contributed by atoms with E-state index in [-0.39, 0.29) is 36.3 Å². The number of carbonyl (C=O) groups excluding carboxylic acids is 2. The van der Waals surface area contributed by atoms with Gasteiger partial charge in [-0.1, -0.05) is 48.9 Å². The minimum absolute atomic E-state index is 0.0467. The largest absolute Gasteiger partial charge is 0.348 e. The Morgan fingerprint density at radius 3 is 2.39 bits per heavy atom. The average Bonchev–Trinajstić information content (AvgIpc) is 3.59. The van der Waals surface area contributed by atoms with E-state index in [2.05, 4.69) is 5.32 Å². The number of pyridine rings is 1. The van der Waals surface area contributed by atoms with Crippen molar-refractivity contribution in [1.29, 1.82) is 0 Å². The zero-order valence-electron chi connectivity index (χ0n) is 22.0. The molecule has 196 valence electrons. The molecular weight excluding hydrogens is 500 g/mol. The maximum absolute atomic E-state index is 13.9. The lowest BCUT2D eigenvalue weighted by Gasteiger charge is -2.22. The molecule has 1 amide bonds. The fourth-order valence-corrected chi connectivity index (χ4v) is 4.93. The summed E-state index contributed by atoms with van der Waals surface area (Å²) in [5.41, 5.74) is 1.99. The predicted molar refractivity (Wildman–Crippen MR) is 150 cm³/mol. The number of benzene rings is 2.